The van der Waals surface area contributed by atoms with Gasteiger partial charge in [0.15, 0.2) is 6.61 Å². The van der Waals surface area contributed by atoms with Gasteiger partial charge in [0.25, 0.3) is 5.91 Å². The van der Waals surface area contributed by atoms with Gasteiger partial charge in [0, 0.05) is 5.69 Å². The fourth-order valence-electron chi connectivity index (χ4n) is 2.64. The molecule has 0 aliphatic heterocycles. The Hall–Kier alpha value is -4.01. The number of para-hydroxylation sites is 1. The second-order valence-electron chi connectivity index (χ2n) is 6.47. The summed E-state index contributed by atoms with van der Waals surface area (Å²) in [5, 5.41) is 2.42. The van der Waals surface area contributed by atoms with Crippen LogP contribution in [-0.2, 0) is 16.1 Å². The normalized spacial score (nSPS) is 10.8. The van der Waals surface area contributed by atoms with Crippen LogP contribution in [0, 0.1) is 0 Å². The van der Waals surface area contributed by atoms with Crippen molar-refractivity contribution in [3.05, 3.63) is 90.0 Å². The Kier molecular flexibility index (Phi) is 7.33. The zero-order valence-corrected chi connectivity index (χ0v) is 16.6. The highest BCUT2D eigenvalue weighted by molar-refractivity contribution is 5.96. The Bertz CT molecular complexity index is 1050. The molecule has 3 rings (SSSR count). The summed E-state index contributed by atoms with van der Waals surface area (Å²) in [4.78, 5) is 24.4. The summed E-state index contributed by atoms with van der Waals surface area (Å²) in [5.74, 6) is -1.53. The van der Waals surface area contributed by atoms with E-state index in [0.717, 1.165) is 17.7 Å². The third-order valence-corrected chi connectivity index (χ3v) is 4.05. The van der Waals surface area contributed by atoms with Crippen LogP contribution in [0.5, 0.6) is 11.5 Å². The third-order valence-electron chi connectivity index (χ3n) is 4.05. The van der Waals surface area contributed by atoms with Gasteiger partial charge in [-0.15, -0.1) is 13.2 Å². The maximum atomic E-state index is 12.4. The van der Waals surface area contributed by atoms with E-state index in [2.05, 4.69) is 10.1 Å². The quantitative estimate of drug-likeness (QED) is 0.496. The lowest BCUT2D eigenvalue weighted by Gasteiger charge is -2.12. The minimum Gasteiger partial charge on any atom is -0.488 e. The van der Waals surface area contributed by atoms with Crippen LogP contribution in [0.15, 0.2) is 78.9 Å². The smallest absolute Gasteiger partial charge is 0.488 e. The second-order valence-corrected chi connectivity index (χ2v) is 6.47. The van der Waals surface area contributed by atoms with Crippen LogP contribution >= 0.6 is 0 Å². The minimum atomic E-state index is -4.81. The van der Waals surface area contributed by atoms with Gasteiger partial charge in [-0.05, 0) is 42.0 Å². The molecule has 0 fully saturated rings. The van der Waals surface area contributed by atoms with E-state index in [0.29, 0.717) is 5.75 Å². The van der Waals surface area contributed by atoms with Crippen molar-refractivity contribution in [2.45, 2.75) is 13.0 Å². The van der Waals surface area contributed by atoms with Crippen molar-refractivity contribution in [2.75, 3.05) is 11.9 Å². The molecule has 3 aromatic rings. The maximum absolute atomic E-state index is 12.4. The first-order chi connectivity index (χ1) is 15.3. The van der Waals surface area contributed by atoms with Crippen molar-refractivity contribution >= 4 is 17.6 Å². The van der Waals surface area contributed by atoms with E-state index in [-0.39, 0.29) is 17.9 Å². The molecular formula is C23H18F3NO5. The number of nitrogens with one attached hydrogen (secondary N) is 1. The predicted octanol–water partition coefficient (Wildman–Crippen LogP) is 4.96. The Morgan fingerprint density at radius 1 is 0.844 bits per heavy atom. The maximum Gasteiger partial charge on any atom is 0.573 e. The number of carbonyl (C=O) groups excluding carboxylic acids is 2. The highest BCUT2D eigenvalue weighted by Crippen LogP contribution is 2.24. The van der Waals surface area contributed by atoms with Crippen LogP contribution in [0.4, 0.5) is 18.9 Å². The molecule has 3 aromatic carbocycles. The molecule has 0 radical (unpaired) electrons. The number of amides is 1. The lowest BCUT2D eigenvalue weighted by Crippen LogP contribution is -2.21. The Labute approximate surface area is 181 Å². The topological polar surface area (TPSA) is 73.9 Å². The summed E-state index contributed by atoms with van der Waals surface area (Å²) in [5.41, 5.74) is 1.29. The zero-order valence-electron chi connectivity index (χ0n) is 16.6. The molecule has 0 heterocycles. The van der Waals surface area contributed by atoms with E-state index in [9.17, 15) is 22.8 Å². The van der Waals surface area contributed by atoms with Crippen molar-refractivity contribution in [1.82, 2.24) is 0 Å². The molecule has 9 heteroatoms. The van der Waals surface area contributed by atoms with Crippen molar-refractivity contribution in [3.8, 4) is 11.5 Å². The Balaban J connectivity index is 1.52. The van der Waals surface area contributed by atoms with Gasteiger partial charge in [0.1, 0.15) is 23.7 Å². The number of carbonyl (C=O) groups is 2. The largest absolute Gasteiger partial charge is 0.573 e. The van der Waals surface area contributed by atoms with E-state index in [1.54, 1.807) is 18.2 Å². The SMILES string of the molecule is O=C(COC(=O)c1ccccc1OCc1ccccc1)Nc1ccc(OC(F)(F)F)cc1. The molecule has 0 spiro atoms. The van der Waals surface area contributed by atoms with Crippen LogP contribution in [0.1, 0.15) is 15.9 Å². The average Bonchev–Trinajstić information content (AvgIpc) is 2.77. The molecule has 1 amide bonds. The number of halogens is 3. The zero-order chi connectivity index (χ0) is 23.0. The summed E-state index contributed by atoms with van der Waals surface area (Å²) in [7, 11) is 0. The lowest BCUT2D eigenvalue weighted by atomic mass is 10.2. The number of ether oxygens (including phenoxy) is 3. The van der Waals surface area contributed by atoms with Gasteiger partial charge in [-0.25, -0.2) is 4.79 Å². The average molecular weight is 445 g/mol. The monoisotopic (exact) mass is 445 g/mol. The Morgan fingerprint density at radius 3 is 2.19 bits per heavy atom. The van der Waals surface area contributed by atoms with Crippen molar-refractivity contribution in [2.24, 2.45) is 0 Å². The molecule has 6 nitrogen and oxygen atoms in total. The van der Waals surface area contributed by atoms with Crippen LogP contribution in [-0.4, -0.2) is 24.8 Å². The molecule has 0 unspecified atom stereocenters. The number of hydrogen-bond donors (Lipinski definition) is 1. The molecular weight excluding hydrogens is 427 g/mol. The van der Waals surface area contributed by atoms with E-state index in [4.69, 9.17) is 9.47 Å². The van der Waals surface area contributed by atoms with E-state index in [1.807, 2.05) is 30.3 Å². The number of benzene rings is 3. The van der Waals surface area contributed by atoms with E-state index in [1.165, 1.54) is 18.2 Å². The van der Waals surface area contributed by atoms with Crippen LogP contribution in [0.25, 0.3) is 0 Å². The van der Waals surface area contributed by atoms with Crippen molar-refractivity contribution in [3.63, 3.8) is 0 Å². The van der Waals surface area contributed by atoms with Gasteiger partial charge in [0.2, 0.25) is 0 Å². The van der Waals surface area contributed by atoms with Gasteiger partial charge in [0.05, 0.1) is 0 Å². The van der Waals surface area contributed by atoms with Gasteiger partial charge >= 0.3 is 12.3 Å². The lowest BCUT2D eigenvalue weighted by molar-refractivity contribution is -0.274. The number of rotatable bonds is 8. The second kappa shape index (κ2) is 10.3. The van der Waals surface area contributed by atoms with E-state index < -0.39 is 30.6 Å². The highest BCUT2D eigenvalue weighted by atomic mass is 19.4. The number of hydrogen-bond acceptors (Lipinski definition) is 5. The highest BCUT2D eigenvalue weighted by Gasteiger charge is 2.31. The standard InChI is InChI=1S/C23H18F3NO5/c24-23(25,26)32-18-12-10-17(11-13-18)27-21(28)15-31-22(29)19-8-4-5-9-20(19)30-14-16-6-2-1-3-7-16/h1-13H,14-15H2,(H,27,28). The molecule has 32 heavy (non-hydrogen) atoms. The summed E-state index contributed by atoms with van der Waals surface area (Å²) < 4.78 is 51.0. The van der Waals surface area contributed by atoms with Crippen LogP contribution in [0.3, 0.4) is 0 Å². The molecule has 0 saturated heterocycles. The summed E-state index contributed by atoms with van der Waals surface area (Å²) >= 11 is 0. The van der Waals surface area contributed by atoms with Crippen LogP contribution < -0.4 is 14.8 Å². The summed E-state index contributed by atoms with van der Waals surface area (Å²) in [6.07, 6.45) is -4.81. The van der Waals surface area contributed by atoms with Gasteiger partial charge in [-0.2, -0.15) is 0 Å². The van der Waals surface area contributed by atoms with Gasteiger partial charge in [-0.3, -0.25) is 4.79 Å². The minimum absolute atomic E-state index is 0.157. The Morgan fingerprint density at radius 2 is 1.50 bits per heavy atom. The molecule has 0 saturated carbocycles. The summed E-state index contributed by atoms with van der Waals surface area (Å²) in [6, 6.07) is 20.4. The van der Waals surface area contributed by atoms with Crippen molar-refractivity contribution in [1.29, 1.82) is 0 Å². The molecule has 0 bridgehead atoms. The molecule has 0 aliphatic carbocycles. The fourth-order valence-corrected chi connectivity index (χ4v) is 2.64. The fraction of sp³-hybridized carbons (Fsp3) is 0.130. The van der Waals surface area contributed by atoms with Gasteiger partial charge < -0.3 is 19.5 Å². The van der Waals surface area contributed by atoms with E-state index >= 15 is 0 Å². The predicted molar refractivity (Wildman–Crippen MR) is 109 cm³/mol. The first-order valence-corrected chi connectivity index (χ1v) is 9.39. The third kappa shape index (κ3) is 7.05. The summed E-state index contributed by atoms with van der Waals surface area (Å²) in [6.45, 7) is -0.341. The number of anilines is 1. The molecule has 1 N–H and O–H groups in total. The first kappa shape index (κ1) is 22.7. The number of esters is 1. The molecule has 166 valence electrons. The number of alkyl halides is 3. The first-order valence-electron chi connectivity index (χ1n) is 9.39. The molecule has 0 atom stereocenters. The van der Waals surface area contributed by atoms with Gasteiger partial charge in [-0.1, -0.05) is 42.5 Å². The van der Waals surface area contributed by atoms with Crippen LogP contribution in [0.2, 0.25) is 0 Å². The van der Waals surface area contributed by atoms with Crippen molar-refractivity contribution < 1.29 is 37.0 Å². The molecule has 0 aromatic heterocycles. The molecule has 0 aliphatic rings.